The summed E-state index contributed by atoms with van der Waals surface area (Å²) in [5, 5.41) is 9.43. The molecule has 6 heteroatoms. The second-order valence-corrected chi connectivity index (χ2v) is 8.75. The SMILES string of the molecule is CCCCCCCN(CCc1ccc(O[C@@](C)(CC)C(=O)O)cc1)c1nc2ccccc2o1. The molecule has 1 aromatic heterocycles. The van der Waals surface area contributed by atoms with Crippen LogP contribution in [-0.4, -0.2) is 34.8 Å². The van der Waals surface area contributed by atoms with Crippen LogP contribution >= 0.6 is 0 Å². The van der Waals surface area contributed by atoms with Gasteiger partial charge in [-0.15, -0.1) is 0 Å². The lowest BCUT2D eigenvalue weighted by atomic mass is 10.0. The van der Waals surface area contributed by atoms with Crippen molar-refractivity contribution in [2.24, 2.45) is 0 Å². The third-order valence-corrected chi connectivity index (χ3v) is 6.15. The van der Waals surface area contributed by atoms with Gasteiger partial charge in [0.2, 0.25) is 5.60 Å². The maximum atomic E-state index is 11.5. The zero-order valence-corrected chi connectivity index (χ0v) is 20.0. The first kappa shape index (κ1) is 24.6. The molecule has 0 aliphatic rings. The molecule has 0 saturated carbocycles. The van der Waals surface area contributed by atoms with Gasteiger partial charge in [-0.1, -0.05) is 63.8 Å². The Hall–Kier alpha value is -3.02. The highest BCUT2D eigenvalue weighted by Crippen LogP contribution is 2.24. The average molecular weight is 453 g/mol. The van der Waals surface area contributed by atoms with Gasteiger partial charge in [-0.2, -0.15) is 4.98 Å². The number of hydrogen-bond donors (Lipinski definition) is 1. The van der Waals surface area contributed by atoms with Gasteiger partial charge in [0.25, 0.3) is 6.01 Å². The topological polar surface area (TPSA) is 75.8 Å². The molecule has 0 bridgehead atoms. The molecular formula is C27H36N2O4. The van der Waals surface area contributed by atoms with E-state index in [-0.39, 0.29) is 0 Å². The molecule has 3 aromatic rings. The maximum Gasteiger partial charge on any atom is 0.347 e. The van der Waals surface area contributed by atoms with Gasteiger partial charge in [-0.3, -0.25) is 0 Å². The van der Waals surface area contributed by atoms with Crippen molar-refractivity contribution in [3.05, 3.63) is 54.1 Å². The van der Waals surface area contributed by atoms with Crippen LogP contribution in [0.2, 0.25) is 0 Å². The zero-order chi connectivity index (χ0) is 23.7. The highest BCUT2D eigenvalue weighted by atomic mass is 16.5. The van der Waals surface area contributed by atoms with Crippen LogP contribution < -0.4 is 9.64 Å². The largest absolute Gasteiger partial charge is 0.478 e. The smallest absolute Gasteiger partial charge is 0.347 e. The summed E-state index contributed by atoms with van der Waals surface area (Å²) in [7, 11) is 0. The minimum atomic E-state index is -1.22. The van der Waals surface area contributed by atoms with Crippen LogP contribution in [0.5, 0.6) is 5.75 Å². The molecule has 6 nitrogen and oxygen atoms in total. The van der Waals surface area contributed by atoms with Crippen molar-refractivity contribution < 1.29 is 19.1 Å². The quantitative estimate of drug-likeness (QED) is 0.282. The fourth-order valence-electron chi connectivity index (χ4n) is 3.72. The molecule has 178 valence electrons. The van der Waals surface area contributed by atoms with Crippen molar-refractivity contribution in [2.75, 3.05) is 18.0 Å². The summed E-state index contributed by atoms with van der Waals surface area (Å²) in [5.41, 5.74) is 1.62. The van der Waals surface area contributed by atoms with E-state index in [2.05, 4.69) is 11.8 Å². The maximum absolute atomic E-state index is 11.5. The van der Waals surface area contributed by atoms with Crippen LogP contribution in [0.1, 0.15) is 64.9 Å². The number of nitrogens with zero attached hydrogens (tertiary/aromatic N) is 2. The Morgan fingerprint density at radius 3 is 2.42 bits per heavy atom. The number of aromatic nitrogens is 1. The number of unbranched alkanes of at least 4 members (excludes halogenated alkanes) is 4. The Morgan fingerprint density at radius 1 is 1.03 bits per heavy atom. The molecule has 0 amide bonds. The number of carboxylic acids is 1. The van der Waals surface area contributed by atoms with Crippen LogP contribution in [0, 0.1) is 0 Å². The van der Waals surface area contributed by atoms with Gasteiger partial charge >= 0.3 is 5.97 Å². The number of ether oxygens (including phenoxy) is 1. The Morgan fingerprint density at radius 2 is 1.76 bits per heavy atom. The number of benzene rings is 2. The number of fused-ring (bicyclic) bond motifs is 1. The van der Waals surface area contributed by atoms with Gasteiger partial charge < -0.3 is 19.2 Å². The van der Waals surface area contributed by atoms with E-state index in [0.717, 1.165) is 42.6 Å². The third kappa shape index (κ3) is 6.73. The molecule has 1 N–H and O–H groups in total. The van der Waals surface area contributed by atoms with E-state index in [4.69, 9.17) is 14.1 Å². The average Bonchev–Trinajstić information content (AvgIpc) is 3.25. The molecule has 33 heavy (non-hydrogen) atoms. The Labute approximate surface area is 196 Å². The fourth-order valence-corrected chi connectivity index (χ4v) is 3.72. The Kier molecular flexibility index (Phi) is 8.75. The number of aliphatic carboxylic acids is 1. The highest BCUT2D eigenvalue weighted by Gasteiger charge is 2.33. The summed E-state index contributed by atoms with van der Waals surface area (Å²) in [6.07, 6.45) is 7.30. The predicted molar refractivity (Wildman–Crippen MR) is 132 cm³/mol. The summed E-state index contributed by atoms with van der Waals surface area (Å²) in [6, 6.07) is 16.2. The summed E-state index contributed by atoms with van der Waals surface area (Å²) in [4.78, 5) is 18.4. The van der Waals surface area contributed by atoms with Gasteiger partial charge in [0.15, 0.2) is 5.58 Å². The van der Waals surface area contributed by atoms with Gasteiger partial charge in [-0.05, 0) is 56.0 Å². The van der Waals surface area contributed by atoms with E-state index >= 15 is 0 Å². The second kappa shape index (κ2) is 11.7. The van der Waals surface area contributed by atoms with E-state index in [0.29, 0.717) is 18.2 Å². The predicted octanol–water partition coefficient (Wildman–Crippen LogP) is 6.48. The number of oxazole rings is 1. The third-order valence-electron chi connectivity index (χ3n) is 6.15. The van der Waals surface area contributed by atoms with Crippen LogP contribution in [0.25, 0.3) is 11.1 Å². The number of anilines is 1. The molecule has 0 aliphatic heterocycles. The first-order valence-corrected chi connectivity index (χ1v) is 12.1. The Balaban J connectivity index is 1.65. The molecule has 0 unspecified atom stereocenters. The van der Waals surface area contributed by atoms with E-state index < -0.39 is 11.6 Å². The van der Waals surface area contributed by atoms with Crippen molar-refractivity contribution in [2.45, 2.75) is 71.3 Å². The van der Waals surface area contributed by atoms with Gasteiger partial charge in [0, 0.05) is 13.1 Å². The second-order valence-electron chi connectivity index (χ2n) is 8.75. The lowest BCUT2D eigenvalue weighted by molar-refractivity contribution is -0.154. The molecule has 1 atom stereocenters. The lowest BCUT2D eigenvalue weighted by Gasteiger charge is -2.25. The minimum Gasteiger partial charge on any atom is -0.478 e. The number of para-hydroxylation sites is 2. The molecule has 0 saturated heterocycles. The first-order chi connectivity index (χ1) is 15.9. The number of hydrogen-bond acceptors (Lipinski definition) is 5. The number of carbonyl (C=O) groups is 1. The van der Waals surface area contributed by atoms with Crippen LogP contribution in [0.4, 0.5) is 6.01 Å². The highest BCUT2D eigenvalue weighted by molar-refractivity contribution is 5.77. The molecule has 2 aromatic carbocycles. The van der Waals surface area contributed by atoms with Crippen molar-refractivity contribution in [1.82, 2.24) is 4.98 Å². The minimum absolute atomic E-state index is 0.391. The molecular weight excluding hydrogens is 416 g/mol. The van der Waals surface area contributed by atoms with Crippen LogP contribution in [0.15, 0.2) is 52.9 Å². The molecule has 0 spiro atoms. The zero-order valence-electron chi connectivity index (χ0n) is 20.0. The number of carboxylic acid groups (broad SMARTS) is 1. The summed E-state index contributed by atoms with van der Waals surface area (Å²) in [5.74, 6) is -0.390. The summed E-state index contributed by atoms with van der Waals surface area (Å²) in [6.45, 7) is 7.34. The van der Waals surface area contributed by atoms with Crippen molar-refractivity contribution in [3.63, 3.8) is 0 Å². The van der Waals surface area contributed by atoms with Crippen LogP contribution in [0.3, 0.4) is 0 Å². The fraction of sp³-hybridized carbons (Fsp3) is 0.481. The molecule has 1 heterocycles. The first-order valence-electron chi connectivity index (χ1n) is 12.1. The molecule has 0 fully saturated rings. The van der Waals surface area contributed by atoms with Crippen molar-refractivity contribution in [1.29, 1.82) is 0 Å². The molecule has 0 radical (unpaired) electrons. The van der Waals surface area contributed by atoms with Gasteiger partial charge in [-0.25, -0.2) is 4.79 Å². The Bertz CT molecular complexity index is 981. The lowest BCUT2D eigenvalue weighted by Crippen LogP contribution is -2.40. The summed E-state index contributed by atoms with van der Waals surface area (Å²) < 4.78 is 11.8. The monoisotopic (exact) mass is 452 g/mol. The standard InChI is InChI=1S/C27H36N2O4/c1-4-6-7-8-11-19-29(26-28-23-12-9-10-13-24(23)32-26)20-18-21-14-16-22(17-15-21)33-27(3,5-2)25(30)31/h9-10,12-17H,4-8,11,18-20H2,1-3H3,(H,30,31)/t27-/m0/s1. The summed E-state index contributed by atoms with van der Waals surface area (Å²) >= 11 is 0. The van der Waals surface area contributed by atoms with E-state index in [1.807, 2.05) is 55.5 Å². The van der Waals surface area contributed by atoms with Gasteiger partial charge in [0.1, 0.15) is 11.3 Å². The normalized spacial score (nSPS) is 13.1. The van der Waals surface area contributed by atoms with Crippen LogP contribution in [-0.2, 0) is 11.2 Å². The molecule has 0 aliphatic carbocycles. The van der Waals surface area contributed by atoms with E-state index in [1.54, 1.807) is 6.92 Å². The number of rotatable bonds is 14. The molecule has 3 rings (SSSR count). The van der Waals surface area contributed by atoms with E-state index in [9.17, 15) is 9.90 Å². The van der Waals surface area contributed by atoms with E-state index in [1.165, 1.54) is 25.7 Å². The van der Waals surface area contributed by atoms with Crippen molar-refractivity contribution >= 4 is 23.1 Å². The van der Waals surface area contributed by atoms with Gasteiger partial charge in [0.05, 0.1) is 0 Å². The van der Waals surface area contributed by atoms with Crippen molar-refractivity contribution in [3.8, 4) is 5.75 Å².